The van der Waals surface area contributed by atoms with Crippen LogP contribution in [0.2, 0.25) is 0 Å². The van der Waals surface area contributed by atoms with Crippen LogP contribution in [0.4, 0.5) is 8.78 Å². The molecule has 5 heteroatoms. The molecule has 25 heavy (non-hydrogen) atoms. The lowest BCUT2D eigenvalue weighted by atomic mass is 10.1. The number of imidazole rings is 1. The zero-order chi connectivity index (χ0) is 17.4. The molecule has 0 fully saturated rings. The molecule has 2 aromatic carbocycles. The van der Waals surface area contributed by atoms with E-state index in [0.29, 0.717) is 5.69 Å². The number of ketones is 1. The van der Waals surface area contributed by atoms with E-state index in [9.17, 15) is 13.6 Å². The van der Waals surface area contributed by atoms with Gasteiger partial charge in [0, 0.05) is 17.3 Å². The molecule has 2 heterocycles. The molecule has 0 radical (unpaired) electrons. The van der Waals surface area contributed by atoms with Crippen LogP contribution in [0.15, 0.2) is 72.9 Å². The van der Waals surface area contributed by atoms with Crippen molar-refractivity contribution < 1.29 is 13.6 Å². The van der Waals surface area contributed by atoms with Gasteiger partial charge in [-0.3, -0.25) is 9.20 Å². The topological polar surface area (TPSA) is 34.4 Å². The van der Waals surface area contributed by atoms with Gasteiger partial charge in [-0.25, -0.2) is 13.8 Å². The molecule has 3 nitrogen and oxygen atoms in total. The van der Waals surface area contributed by atoms with Crippen LogP contribution in [0.25, 0.3) is 16.8 Å². The lowest BCUT2D eigenvalue weighted by molar-refractivity contribution is 0.102. The van der Waals surface area contributed by atoms with E-state index >= 15 is 0 Å². The second-order valence-electron chi connectivity index (χ2n) is 5.56. The van der Waals surface area contributed by atoms with Gasteiger partial charge in [-0.15, -0.1) is 0 Å². The second-order valence-corrected chi connectivity index (χ2v) is 5.56. The van der Waals surface area contributed by atoms with Gasteiger partial charge in [-0.1, -0.05) is 36.4 Å². The van der Waals surface area contributed by atoms with Crippen molar-refractivity contribution in [2.75, 3.05) is 0 Å². The highest BCUT2D eigenvalue weighted by atomic mass is 19.2. The fourth-order valence-corrected chi connectivity index (χ4v) is 2.77. The number of aromatic nitrogens is 2. The van der Waals surface area contributed by atoms with Gasteiger partial charge in [-0.05, 0) is 30.3 Å². The van der Waals surface area contributed by atoms with E-state index in [1.165, 1.54) is 6.07 Å². The summed E-state index contributed by atoms with van der Waals surface area (Å²) in [6.07, 6.45) is 1.72. The summed E-state index contributed by atoms with van der Waals surface area (Å²) in [5.74, 6) is -2.37. The molecule has 0 N–H and O–H groups in total. The lowest BCUT2D eigenvalue weighted by Gasteiger charge is -2.01. The van der Waals surface area contributed by atoms with E-state index in [1.54, 1.807) is 16.7 Å². The van der Waals surface area contributed by atoms with Crippen LogP contribution < -0.4 is 0 Å². The minimum Gasteiger partial charge on any atom is -0.296 e. The van der Waals surface area contributed by atoms with Gasteiger partial charge in [0.1, 0.15) is 0 Å². The minimum absolute atomic E-state index is 0.0502. The highest BCUT2D eigenvalue weighted by Gasteiger charge is 2.20. The van der Waals surface area contributed by atoms with Crippen LogP contribution in [0.3, 0.4) is 0 Å². The zero-order valence-electron chi connectivity index (χ0n) is 13.0. The maximum atomic E-state index is 13.5. The molecule has 0 saturated heterocycles. The molecule has 0 amide bonds. The first-order chi connectivity index (χ1) is 12.1. The van der Waals surface area contributed by atoms with Crippen LogP contribution in [0, 0.1) is 11.6 Å². The van der Waals surface area contributed by atoms with E-state index in [0.717, 1.165) is 23.2 Å². The SMILES string of the molecule is O=C(c1ccc(F)c(F)c1)c1nc(-c2ccccc2)c2ccccn12. The number of carbonyl (C=O) groups excluding carboxylic acids is 1. The summed E-state index contributed by atoms with van der Waals surface area (Å²) >= 11 is 0. The summed E-state index contributed by atoms with van der Waals surface area (Å²) < 4.78 is 28.3. The molecule has 0 aliphatic carbocycles. The standard InChI is InChI=1S/C20H12F2N2O/c21-15-10-9-14(12-16(15)22)19(25)20-23-18(13-6-2-1-3-7-13)17-8-4-5-11-24(17)20/h1-12H. The number of fused-ring (bicyclic) bond motifs is 1. The minimum atomic E-state index is -1.06. The monoisotopic (exact) mass is 334 g/mol. The van der Waals surface area contributed by atoms with Crippen molar-refractivity contribution in [1.82, 2.24) is 9.38 Å². The number of pyridine rings is 1. The zero-order valence-corrected chi connectivity index (χ0v) is 13.0. The molecule has 0 spiro atoms. The first-order valence-electron chi connectivity index (χ1n) is 7.67. The summed E-state index contributed by atoms with van der Waals surface area (Å²) in [4.78, 5) is 17.3. The molecule has 0 bridgehead atoms. The molecule has 4 aromatic rings. The summed E-state index contributed by atoms with van der Waals surface area (Å²) in [6.45, 7) is 0. The van der Waals surface area contributed by atoms with Gasteiger partial charge in [0.25, 0.3) is 0 Å². The third-order valence-corrected chi connectivity index (χ3v) is 3.98. The second kappa shape index (κ2) is 5.94. The average Bonchev–Trinajstić information content (AvgIpc) is 3.04. The predicted octanol–water partition coefficient (Wildman–Crippen LogP) is 4.51. The van der Waals surface area contributed by atoms with Crippen LogP contribution in [0.5, 0.6) is 0 Å². The molecule has 0 aliphatic rings. The molecular weight excluding hydrogens is 322 g/mol. The number of benzene rings is 2. The van der Waals surface area contributed by atoms with Gasteiger partial charge in [0.05, 0.1) is 11.2 Å². The Morgan fingerprint density at radius 2 is 1.64 bits per heavy atom. The fourth-order valence-electron chi connectivity index (χ4n) is 2.77. The Morgan fingerprint density at radius 1 is 0.880 bits per heavy atom. The smallest absolute Gasteiger partial charge is 0.228 e. The number of carbonyl (C=O) groups is 1. The van der Waals surface area contributed by atoms with Gasteiger partial charge >= 0.3 is 0 Å². The van der Waals surface area contributed by atoms with Crippen LogP contribution in [0.1, 0.15) is 16.2 Å². The molecule has 0 unspecified atom stereocenters. The van der Waals surface area contributed by atoms with Crippen molar-refractivity contribution in [1.29, 1.82) is 0 Å². The maximum absolute atomic E-state index is 13.5. The number of halogens is 2. The van der Waals surface area contributed by atoms with Crippen LogP contribution >= 0.6 is 0 Å². The predicted molar refractivity (Wildman–Crippen MR) is 90.4 cm³/mol. The van der Waals surface area contributed by atoms with Gasteiger partial charge < -0.3 is 0 Å². The third kappa shape index (κ3) is 2.59. The van der Waals surface area contributed by atoms with Crippen LogP contribution in [-0.4, -0.2) is 15.2 Å². The highest BCUT2D eigenvalue weighted by Crippen LogP contribution is 2.26. The van der Waals surface area contributed by atoms with Crippen molar-refractivity contribution in [3.8, 4) is 11.3 Å². The Kier molecular flexibility index (Phi) is 3.61. The number of rotatable bonds is 3. The Balaban J connectivity index is 1.90. The number of hydrogen-bond donors (Lipinski definition) is 0. The molecule has 122 valence electrons. The average molecular weight is 334 g/mol. The first-order valence-corrected chi connectivity index (χ1v) is 7.67. The lowest BCUT2D eigenvalue weighted by Crippen LogP contribution is -2.07. The molecule has 0 saturated carbocycles. The Labute approximate surface area is 142 Å². The molecule has 4 rings (SSSR count). The van der Waals surface area contributed by atoms with Gasteiger partial charge in [0.15, 0.2) is 17.5 Å². The summed E-state index contributed by atoms with van der Waals surface area (Å²) in [6, 6.07) is 18.1. The quantitative estimate of drug-likeness (QED) is 0.517. The summed E-state index contributed by atoms with van der Waals surface area (Å²) in [5.41, 5.74) is 2.34. The summed E-state index contributed by atoms with van der Waals surface area (Å²) in [7, 11) is 0. The van der Waals surface area contributed by atoms with Crippen molar-refractivity contribution >= 4 is 11.3 Å². The van der Waals surface area contributed by atoms with E-state index in [1.807, 2.05) is 42.5 Å². The van der Waals surface area contributed by atoms with Crippen molar-refractivity contribution in [2.24, 2.45) is 0 Å². The highest BCUT2D eigenvalue weighted by molar-refractivity contribution is 6.08. The van der Waals surface area contributed by atoms with Crippen molar-refractivity contribution in [3.05, 3.63) is 95.9 Å². The largest absolute Gasteiger partial charge is 0.296 e. The van der Waals surface area contributed by atoms with Crippen LogP contribution in [-0.2, 0) is 0 Å². The fraction of sp³-hybridized carbons (Fsp3) is 0. The Morgan fingerprint density at radius 3 is 2.40 bits per heavy atom. The van der Waals surface area contributed by atoms with Gasteiger partial charge in [-0.2, -0.15) is 0 Å². The molecule has 2 aromatic heterocycles. The normalized spacial score (nSPS) is 11.0. The van der Waals surface area contributed by atoms with Crippen molar-refractivity contribution in [2.45, 2.75) is 0 Å². The molecule has 0 atom stereocenters. The maximum Gasteiger partial charge on any atom is 0.228 e. The van der Waals surface area contributed by atoms with E-state index in [-0.39, 0.29) is 11.4 Å². The van der Waals surface area contributed by atoms with E-state index in [2.05, 4.69) is 4.98 Å². The Hall–Kier alpha value is -3.34. The number of hydrogen-bond acceptors (Lipinski definition) is 2. The first kappa shape index (κ1) is 15.2. The van der Waals surface area contributed by atoms with Crippen molar-refractivity contribution in [3.63, 3.8) is 0 Å². The molecule has 0 aliphatic heterocycles. The summed E-state index contributed by atoms with van der Waals surface area (Å²) in [5, 5.41) is 0. The van der Waals surface area contributed by atoms with E-state index < -0.39 is 17.4 Å². The van der Waals surface area contributed by atoms with Gasteiger partial charge in [0.2, 0.25) is 5.78 Å². The Bertz CT molecular complexity index is 1090. The van der Waals surface area contributed by atoms with E-state index in [4.69, 9.17) is 0 Å². The number of nitrogens with zero attached hydrogens (tertiary/aromatic N) is 2. The third-order valence-electron chi connectivity index (χ3n) is 3.98. The molecular formula is C20H12F2N2O.